The molecule has 0 amide bonds. The smallest absolute Gasteiger partial charge is 0.399 e. The van der Waals surface area contributed by atoms with Gasteiger partial charge in [-0.15, -0.1) is 0 Å². The Bertz CT molecular complexity index is 872. The molecule has 0 aliphatic carbocycles. The Kier molecular flexibility index (Phi) is 4.33. The zero-order valence-corrected chi connectivity index (χ0v) is 16.0. The van der Waals surface area contributed by atoms with Crippen LogP contribution < -0.4 is 5.46 Å². The average Bonchev–Trinajstić information content (AvgIpc) is 2.90. The van der Waals surface area contributed by atoms with E-state index in [-0.39, 0.29) is 0 Å². The first-order chi connectivity index (χ1) is 12.9. The van der Waals surface area contributed by atoms with E-state index in [0.29, 0.717) is 0 Å². The van der Waals surface area contributed by atoms with Gasteiger partial charge in [0.1, 0.15) is 0 Å². The maximum atomic E-state index is 6.26. The number of nitrogens with zero attached hydrogens (tertiary/aromatic N) is 3. The quantitative estimate of drug-likeness (QED) is 0.670. The molecule has 0 spiro atoms. The molecule has 0 unspecified atom stereocenters. The van der Waals surface area contributed by atoms with Crippen LogP contribution in [-0.4, -0.2) is 33.3 Å². The van der Waals surface area contributed by atoms with Crippen LogP contribution in [0.2, 0.25) is 0 Å². The van der Waals surface area contributed by atoms with E-state index in [2.05, 4.69) is 37.7 Å². The molecule has 1 saturated heterocycles. The van der Waals surface area contributed by atoms with E-state index in [1.54, 1.807) is 24.8 Å². The largest absolute Gasteiger partial charge is 0.494 e. The molecule has 4 heterocycles. The van der Waals surface area contributed by atoms with Gasteiger partial charge in [0.15, 0.2) is 0 Å². The molecule has 0 radical (unpaired) electrons. The molecular weight excluding hydrogens is 337 g/mol. The van der Waals surface area contributed by atoms with Crippen LogP contribution in [0.15, 0.2) is 61.2 Å². The minimum Gasteiger partial charge on any atom is -0.399 e. The Balaban J connectivity index is 1.82. The number of hydrogen-bond donors (Lipinski definition) is 0. The lowest BCUT2D eigenvalue weighted by atomic mass is 9.78. The molecule has 136 valence electrons. The summed E-state index contributed by atoms with van der Waals surface area (Å²) >= 11 is 0. The molecule has 4 rings (SSSR count). The maximum absolute atomic E-state index is 6.26. The Morgan fingerprint density at radius 2 is 1.11 bits per heavy atom. The third-order valence-electron chi connectivity index (χ3n) is 5.33. The predicted octanol–water partition coefficient (Wildman–Crippen LogP) is 3.50. The fraction of sp³-hybridized carbons (Fsp3) is 0.286. The molecule has 0 aromatic carbocycles. The molecule has 1 aliphatic rings. The van der Waals surface area contributed by atoms with E-state index in [1.165, 1.54) is 0 Å². The van der Waals surface area contributed by atoms with Crippen molar-refractivity contribution in [2.75, 3.05) is 0 Å². The first-order valence-electron chi connectivity index (χ1n) is 9.04. The van der Waals surface area contributed by atoms with Gasteiger partial charge in [0.2, 0.25) is 0 Å². The Hall–Kier alpha value is -2.57. The summed E-state index contributed by atoms with van der Waals surface area (Å²) in [5.41, 5.74) is 3.87. The van der Waals surface area contributed by atoms with Crippen molar-refractivity contribution in [3.8, 4) is 22.5 Å². The molecule has 27 heavy (non-hydrogen) atoms. The van der Waals surface area contributed by atoms with Crippen LogP contribution in [0, 0.1) is 0 Å². The summed E-state index contributed by atoms with van der Waals surface area (Å²) in [6.07, 6.45) is 7.07. The number of aromatic nitrogens is 3. The SMILES string of the molecule is CC1(C)OB(c2cc(-c3ccncc3)nc(-c3ccncc3)c2)OC1(C)C. The minimum absolute atomic E-state index is 0.394. The van der Waals surface area contributed by atoms with E-state index >= 15 is 0 Å². The molecule has 0 N–H and O–H groups in total. The number of rotatable bonds is 3. The average molecular weight is 359 g/mol. The van der Waals surface area contributed by atoms with E-state index in [0.717, 1.165) is 28.0 Å². The summed E-state index contributed by atoms with van der Waals surface area (Å²) < 4.78 is 12.5. The standard InChI is InChI=1S/C21H22BN3O2/c1-20(2)21(3,4)27-22(26-20)17-13-18(15-5-9-23-10-6-15)25-19(14-17)16-7-11-24-12-8-16/h5-14H,1-4H3. The summed E-state index contributed by atoms with van der Waals surface area (Å²) in [5, 5.41) is 0. The number of pyridine rings is 3. The fourth-order valence-corrected chi connectivity index (χ4v) is 3.01. The van der Waals surface area contributed by atoms with Gasteiger partial charge in [-0.3, -0.25) is 9.97 Å². The van der Waals surface area contributed by atoms with Crippen molar-refractivity contribution < 1.29 is 9.31 Å². The van der Waals surface area contributed by atoms with Gasteiger partial charge in [-0.25, -0.2) is 4.98 Å². The maximum Gasteiger partial charge on any atom is 0.494 e. The van der Waals surface area contributed by atoms with Crippen LogP contribution in [0.3, 0.4) is 0 Å². The van der Waals surface area contributed by atoms with Crippen LogP contribution in [0.1, 0.15) is 27.7 Å². The second kappa shape index (κ2) is 6.55. The second-order valence-corrected chi connectivity index (χ2v) is 7.73. The summed E-state index contributed by atoms with van der Waals surface area (Å²) in [6.45, 7) is 8.23. The van der Waals surface area contributed by atoms with Gasteiger partial charge < -0.3 is 9.31 Å². The highest BCUT2D eigenvalue weighted by Crippen LogP contribution is 2.37. The summed E-state index contributed by atoms with van der Waals surface area (Å²) in [7, 11) is -0.445. The monoisotopic (exact) mass is 359 g/mol. The highest BCUT2D eigenvalue weighted by atomic mass is 16.7. The van der Waals surface area contributed by atoms with E-state index < -0.39 is 18.3 Å². The molecule has 1 aliphatic heterocycles. The van der Waals surface area contributed by atoms with Crippen LogP contribution in [0.25, 0.3) is 22.5 Å². The van der Waals surface area contributed by atoms with Crippen molar-refractivity contribution in [3.05, 3.63) is 61.2 Å². The van der Waals surface area contributed by atoms with Crippen LogP contribution in [0.5, 0.6) is 0 Å². The van der Waals surface area contributed by atoms with Crippen molar-refractivity contribution in [2.45, 2.75) is 38.9 Å². The van der Waals surface area contributed by atoms with Crippen molar-refractivity contribution in [2.24, 2.45) is 0 Å². The van der Waals surface area contributed by atoms with Gasteiger partial charge in [0.25, 0.3) is 0 Å². The highest BCUT2D eigenvalue weighted by molar-refractivity contribution is 6.62. The molecule has 5 nitrogen and oxygen atoms in total. The lowest BCUT2D eigenvalue weighted by Crippen LogP contribution is -2.41. The molecular formula is C21H22BN3O2. The van der Waals surface area contributed by atoms with Gasteiger partial charge in [-0.2, -0.15) is 0 Å². The molecule has 0 saturated carbocycles. The van der Waals surface area contributed by atoms with Crippen molar-refractivity contribution >= 4 is 12.6 Å². The molecule has 3 aromatic heterocycles. The lowest BCUT2D eigenvalue weighted by molar-refractivity contribution is 0.00578. The van der Waals surface area contributed by atoms with Crippen LogP contribution in [0.4, 0.5) is 0 Å². The van der Waals surface area contributed by atoms with E-state index in [1.807, 2.05) is 36.4 Å². The van der Waals surface area contributed by atoms with Gasteiger partial charge in [-0.1, -0.05) is 0 Å². The van der Waals surface area contributed by atoms with Gasteiger partial charge in [0.05, 0.1) is 22.6 Å². The Labute approximate surface area is 160 Å². The first-order valence-corrected chi connectivity index (χ1v) is 9.04. The molecule has 0 bridgehead atoms. The van der Waals surface area contributed by atoms with Crippen molar-refractivity contribution in [1.82, 2.24) is 15.0 Å². The zero-order valence-electron chi connectivity index (χ0n) is 16.0. The van der Waals surface area contributed by atoms with Crippen LogP contribution >= 0.6 is 0 Å². The molecule has 1 fully saturated rings. The Morgan fingerprint density at radius 3 is 1.52 bits per heavy atom. The van der Waals surface area contributed by atoms with E-state index in [9.17, 15) is 0 Å². The van der Waals surface area contributed by atoms with Gasteiger partial charge in [0, 0.05) is 35.9 Å². The third-order valence-corrected chi connectivity index (χ3v) is 5.33. The Morgan fingerprint density at radius 1 is 0.704 bits per heavy atom. The fourth-order valence-electron chi connectivity index (χ4n) is 3.01. The molecule has 6 heteroatoms. The summed E-state index contributed by atoms with van der Waals surface area (Å²) in [5.74, 6) is 0. The van der Waals surface area contributed by atoms with Gasteiger partial charge >= 0.3 is 7.12 Å². The topological polar surface area (TPSA) is 57.1 Å². The van der Waals surface area contributed by atoms with Crippen molar-refractivity contribution in [1.29, 1.82) is 0 Å². The molecule has 3 aromatic rings. The highest BCUT2D eigenvalue weighted by Gasteiger charge is 2.51. The third kappa shape index (κ3) is 3.38. The van der Waals surface area contributed by atoms with Crippen LogP contribution in [-0.2, 0) is 9.31 Å². The second-order valence-electron chi connectivity index (χ2n) is 7.73. The summed E-state index contributed by atoms with van der Waals surface area (Å²) in [6, 6.07) is 11.9. The predicted molar refractivity (Wildman–Crippen MR) is 106 cm³/mol. The van der Waals surface area contributed by atoms with Gasteiger partial charge in [-0.05, 0) is 69.6 Å². The zero-order chi connectivity index (χ0) is 19.1. The first kappa shape index (κ1) is 17.8. The minimum atomic E-state index is -0.445. The lowest BCUT2D eigenvalue weighted by Gasteiger charge is -2.32. The van der Waals surface area contributed by atoms with E-state index in [4.69, 9.17) is 14.3 Å². The normalized spacial score (nSPS) is 17.9. The van der Waals surface area contributed by atoms with Crippen molar-refractivity contribution in [3.63, 3.8) is 0 Å². The summed E-state index contributed by atoms with van der Waals surface area (Å²) in [4.78, 5) is 13.1. The molecule has 0 atom stereocenters. The number of hydrogen-bond acceptors (Lipinski definition) is 5.